The van der Waals surface area contributed by atoms with Crippen LogP contribution in [-0.4, -0.2) is 40.1 Å². The number of benzene rings is 2. The second-order valence-corrected chi connectivity index (χ2v) is 7.74. The first-order valence-corrected chi connectivity index (χ1v) is 10.4. The molecular weight excluding hydrogens is 392 g/mol. The number of aryl methyl sites for hydroxylation is 2. The lowest BCUT2D eigenvalue weighted by Gasteiger charge is -2.20. The van der Waals surface area contributed by atoms with Crippen molar-refractivity contribution in [3.8, 4) is 5.75 Å². The van der Waals surface area contributed by atoms with Gasteiger partial charge in [-0.2, -0.15) is 5.10 Å². The SMILES string of the molecule is COc1cccc(CNC(=O)c2cc3n(n2)CCCN(Cc2ccc(C)cc2)C3=O)c1. The molecular formula is C24H26N4O3. The van der Waals surface area contributed by atoms with Gasteiger partial charge in [-0.25, -0.2) is 0 Å². The monoisotopic (exact) mass is 418 g/mol. The minimum Gasteiger partial charge on any atom is -0.497 e. The van der Waals surface area contributed by atoms with Crippen molar-refractivity contribution in [3.05, 3.63) is 82.7 Å². The van der Waals surface area contributed by atoms with Gasteiger partial charge in [0.1, 0.15) is 11.4 Å². The average Bonchev–Trinajstić information content (AvgIpc) is 3.16. The van der Waals surface area contributed by atoms with E-state index < -0.39 is 0 Å². The van der Waals surface area contributed by atoms with Gasteiger partial charge in [-0.1, -0.05) is 42.0 Å². The van der Waals surface area contributed by atoms with E-state index in [4.69, 9.17) is 4.74 Å². The molecule has 0 saturated heterocycles. The topological polar surface area (TPSA) is 76.5 Å². The third kappa shape index (κ3) is 4.77. The molecule has 0 atom stereocenters. The van der Waals surface area contributed by atoms with E-state index in [0.717, 1.165) is 23.3 Å². The van der Waals surface area contributed by atoms with Crippen LogP contribution in [0.3, 0.4) is 0 Å². The van der Waals surface area contributed by atoms with E-state index in [2.05, 4.69) is 10.4 Å². The van der Waals surface area contributed by atoms with E-state index in [1.54, 1.807) is 17.9 Å². The lowest BCUT2D eigenvalue weighted by atomic mass is 10.1. The van der Waals surface area contributed by atoms with Crippen molar-refractivity contribution in [3.63, 3.8) is 0 Å². The molecule has 1 aliphatic rings. The van der Waals surface area contributed by atoms with Gasteiger partial charge in [-0.05, 0) is 36.6 Å². The van der Waals surface area contributed by atoms with Crippen molar-refractivity contribution in [2.75, 3.05) is 13.7 Å². The van der Waals surface area contributed by atoms with E-state index in [1.807, 2.05) is 60.4 Å². The highest BCUT2D eigenvalue weighted by Crippen LogP contribution is 2.17. The third-order valence-corrected chi connectivity index (χ3v) is 5.40. The Balaban J connectivity index is 1.45. The van der Waals surface area contributed by atoms with Crippen LogP contribution in [0.1, 0.15) is 44.1 Å². The summed E-state index contributed by atoms with van der Waals surface area (Å²) in [6, 6.07) is 17.3. The molecule has 2 aromatic carbocycles. The fraction of sp³-hybridized carbons (Fsp3) is 0.292. The van der Waals surface area contributed by atoms with E-state index in [0.29, 0.717) is 31.9 Å². The summed E-state index contributed by atoms with van der Waals surface area (Å²) in [7, 11) is 1.61. The lowest BCUT2D eigenvalue weighted by Crippen LogP contribution is -2.30. The molecule has 1 aromatic heterocycles. The number of aromatic nitrogens is 2. The Bertz CT molecular complexity index is 1090. The van der Waals surface area contributed by atoms with Crippen LogP contribution >= 0.6 is 0 Å². The smallest absolute Gasteiger partial charge is 0.272 e. The first kappa shape index (κ1) is 20.7. The molecule has 160 valence electrons. The van der Waals surface area contributed by atoms with Crippen molar-refractivity contribution >= 4 is 11.8 Å². The number of carbonyl (C=O) groups excluding carboxylic acids is 2. The molecule has 7 nitrogen and oxygen atoms in total. The van der Waals surface area contributed by atoms with Gasteiger partial charge in [0.2, 0.25) is 0 Å². The highest BCUT2D eigenvalue weighted by Gasteiger charge is 2.26. The Morgan fingerprint density at radius 1 is 1.10 bits per heavy atom. The molecule has 4 rings (SSSR count). The Hall–Kier alpha value is -3.61. The second-order valence-electron chi connectivity index (χ2n) is 7.74. The Labute approximate surface area is 181 Å². The predicted octanol–water partition coefficient (Wildman–Crippen LogP) is 3.18. The van der Waals surface area contributed by atoms with Crippen LogP contribution in [0, 0.1) is 6.92 Å². The first-order chi connectivity index (χ1) is 15.0. The summed E-state index contributed by atoms with van der Waals surface area (Å²) in [4.78, 5) is 27.6. The quantitative estimate of drug-likeness (QED) is 0.667. The molecule has 1 N–H and O–H groups in total. The summed E-state index contributed by atoms with van der Waals surface area (Å²) in [5.74, 6) is 0.332. The molecule has 2 amide bonds. The summed E-state index contributed by atoms with van der Waals surface area (Å²) < 4.78 is 6.86. The molecule has 7 heteroatoms. The van der Waals surface area contributed by atoms with Crippen molar-refractivity contribution in [1.82, 2.24) is 20.0 Å². The maximum absolute atomic E-state index is 13.1. The number of nitrogens with zero attached hydrogens (tertiary/aromatic N) is 3. The molecule has 0 bridgehead atoms. The van der Waals surface area contributed by atoms with Crippen LogP contribution in [-0.2, 0) is 19.6 Å². The normalized spacial score (nSPS) is 13.5. The van der Waals surface area contributed by atoms with Gasteiger partial charge >= 0.3 is 0 Å². The van der Waals surface area contributed by atoms with Crippen molar-refractivity contribution in [2.24, 2.45) is 0 Å². The molecule has 31 heavy (non-hydrogen) atoms. The van der Waals surface area contributed by atoms with E-state index in [-0.39, 0.29) is 17.5 Å². The Kier molecular flexibility index (Phi) is 6.02. The Morgan fingerprint density at radius 3 is 2.68 bits per heavy atom. The van der Waals surface area contributed by atoms with Crippen LogP contribution in [0.25, 0.3) is 0 Å². The highest BCUT2D eigenvalue weighted by molar-refractivity contribution is 5.98. The fourth-order valence-corrected chi connectivity index (χ4v) is 3.67. The van der Waals surface area contributed by atoms with E-state index in [9.17, 15) is 9.59 Å². The summed E-state index contributed by atoms with van der Waals surface area (Å²) in [6.07, 6.45) is 0.789. The number of amides is 2. The van der Waals surface area contributed by atoms with Crippen molar-refractivity contribution in [1.29, 1.82) is 0 Å². The summed E-state index contributed by atoms with van der Waals surface area (Å²) in [5, 5.41) is 7.26. The number of carbonyl (C=O) groups is 2. The number of hydrogen-bond donors (Lipinski definition) is 1. The first-order valence-electron chi connectivity index (χ1n) is 10.4. The van der Waals surface area contributed by atoms with Crippen LogP contribution in [0.4, 0.5) is 0 Å². The molecule has 2 heterocycles. The van der Waals surface area contributed by atoms with E-state index >= 15 is 0 Å². The highest BCUT2D eigenvalue weighted by atomic mass is 16.5. The maximum atomic E-state index is 13.1. The minimum atomic E-state index is -0.304. The lowest BCUT2D eigenvalue weighted by molar-refractivity contribution is 0.0745. The van der Waals surface area contributed by atoms with Gasteiger partial charge in [0.25, 0.3) is 11.8 Å². The van der Waals surface area contributed by atoms with Gasteiger partial charge in [0.15, 0.2) is 5.69 Å². The zero-order valence-corrected chi connectivity index (χ0v) is 17.8. The van der Waals surface area contributed by atoms with Gasteiger partial charge in [-0.3, -0.25) is 14.3 Å². The number of hydrogen-bond acceptors (Lipinski definition) is 4. The predicted molar refractivity (Wildman–Crippen MR) is 117 cm³/mol. The third-order valence-electron chi connectivity index (χ3n) is 5.40. The van der Waals surface area contributed by atoms with Gasteiger partial charge in [-0.15, -0.1) is 0 Å². The van der Waals surface area contributed by atoms with Crippen LogP contribution in [0.5, 0.6) is 5.75 Å². The van der Waals surface area contributed by atoms with Crippen LogP contribution in [0.15, 0.2) is 54.6 Å². The molecule has 3 aromatic rings. The van der Waals surface area contributed by atoms with Gasteiger partial charge in [0, 0.05) is 32.2 Å². The number of ether oxygens (including phenoxy) is 1. The molecule has 0 aliphatic carbocycles. The van der Waals surface area contributed by atoms with E-state index in [1.165, 1.54) is 5.56 Å². The number of rotatable bonds is 6. The number of methoxy groups -OCH3 is 1. The number of nitrogens with one attached hydrogen (secondary N) is 1. The molecule has 0 radical (unpaired) electrons. The van der Waals surface area contributed by atoms with Gasteiger partial charge < -0.3 is 15.0 Å². The summed E-state index contributed by atoms with van der Waals surface area (Å²) in [6.45, 7) is 4.20. The molecule has 0 spiro atoms. The van der Waals surface area contributed by atoms with Crippen LogP contribution < -0.4 is 10.1 Å². The zero-order chi connectivity index (χ0) is 21.8. The second kappa shape index (κ2) is 9.04. The van der Waals surface area contributed by atoms with Crippen LogP contribution in [0.2, 0.25) is 0 Å². The zero-order valence-electron chi connectivity index (χ0n) is 17.8. The number of fused-ring (bicyclic) bond motifs is 1. The molecule has 0 fully saturated rings. The minimum absolute atomic E-state index is 0.0996. The largest absolute Gasteiger partial charge is 0.497 e. The summed E-state index contributed by atoms with van der Waals surface area (Å²) in [5.41, 5.74) is 3.91. The molecule has 1 aliphatic heterocycles. The fourth-order valence-electron chi connectivity index (χ4n) is 3.67. The van der Waals surface area contributed by atoms with Gasteiger partial charge in [0.05, 0.1) is 7.11 Å². The maximum Gasteiger partial charge on any atom is 0.272 e. The molecule has 0 saturated carbocycles. The average molecular weight is 418 g/mol. The van der Waals surface area contributed by atoms with Crippen molar-refractivity contribution < 1.29 is 14.3 Å². The van der Waals surface area contributed by atoms with Crippen molar-refractivity contribution in [2.45, 2.75) is 33.0 Å². The summed E-state index contributed by atoms with van der Waals surface area (Å²) >= 11 is 0. The Morgan fingerprint density at radius 2 is 1.90 bits per heavy atom. The standard InChI is InChI=1S/C24H26N4O3/c1-17-7-9-18(10-8-17)16-27-11-4-12-28-22(24(27)30)14-21(26-28)23(29)25-15-19-5-3-6-20(13-19)31-2/h3,5-10,13-14H,4,11-12,15-16H2,1-2H3,(H,25,29). The molecule has 0 unspecified atom stereocenters.